The Morgan fingerprint density at radius 2 is 2.38 bits per heavy atom. The Morgan fingerprint density at radius 1 is 1.69 bits per heavy atom. The van der Waals surface area contributed by atoms with Gasteiger partial charge in [-0.25, -0.2) is 0 Å². The molecule has 1 N–H and O–H groups in total. The number of aldehydes is 1. The zero-order valence-corrected chi connectivity index (χ0v) is 7.16. The van der Waals surface area contributed by atoms with Gasteiger partial charge in [0.25, 0.3) is 5.91 Å². The summed E-state index contributed by atoms with van der Waals surface area (Å²) in [4.78, 5) is 21.5. The number of amides is 1. The quantitative estimate of drug-likeness (QED) is 0.711. The minimum absolute atomic E-state index is 0.145. The maximum absolute atomic E-state index is 11.2. The van der Waals surface area contributed by atoms with E-state index in [4.69, 9.17) is 4.42 Å². The highest BCUT2D eigenvalue weighted by molar-refractivity contribution is 5.96. The lowest BCUT2D eigenvalue weighted by Crippen LogP contribution is -2.16. The molecule has 4 heteroatoms. The van der Waals surface area contributed by atoms with Crippen molar-refractivity contribution in [2.45, 2.75) is 6.92 Å². The first kappa shape index (κ1) is 9.25. The molecule has 1 aromatic heterocycles. The highest BCUT2D eigenvalue weighted by atomic mass is 16.3. The molecule has 68 valence electrons. The molecule has 0 bridgehead atoms. The standard InChI is InChI=1S/C9H9NO3/c1-3-10-9(12)8-4-7(5-11)13-6(8)2/h3-5H,1H2,2H3,(H,10,12). The van der Waals surface area contributed by atoms with Crippen LogP contribution >= 0.6 is 0 Å². The van der Waals surface area contributed by atoms with E-state index in [1.807, 2.05) is 0 Å². The van der Waals surface area contributed by atoms with Crippen molar-refractivity contribution in [2.75, 3.05) is 0 Å². The van der Waals surface area contributed by atoms with E-state index in [1.165, 1.54) is 12.3 Å². The SMILES string of the molecule is C=CNC(=O)c1cc(C=O)oc1C. The first-order chi connectivity index (χ1) is 6.19. The van der Waals surface area contributed by atoms with E-state index in [-0.39, 0.29) is 11.7 Å². The molecule has 1 heterocycles. The fraction of sp³-hybridized carbons (Fsp3) is 0.111. The second-order valence-electron chi connectivity index (χ2n) is 2.41. The van der Waals surface area contributed by atoms with E-state index in [1.54, 1.807) is 6.92 Å². The largest absolute Gasteiger partial charge is 0.458 e. The van der Waals surface area contributed by atoms with Crippen LogP contribution in [0.15, 0.2) is 23.3 Å². The van der Waals surface area contributed by atoms with Gasteiger partial charge in [0.2, 0.25) is 0 Å². The molecule has 0 atom stereocenters. The van der Waals surface area contributed by atoms with Crippen LogP contribution in [0.3, 0.4) is 0 Å². The van der Waals surface area contributed by atoms with Crippen LogP contribution in [0.2, 0.25) is 0 Å². The second kappa shape index (κ2) is 3.71. The van der Waals surface area contributed by atoms with Crippen molar-refractivity contribution in [2.24, 2.45) is 0 Å². The third-order valence-electron chi connectivity index (χ3n) is 1.53. The first-order valence-electron chi connectivity index (χ1n) is 3.66. The van der Waals surface area contributed by atoms with Crippen LogP contribution in [0, 0.1) is 6.92 Å². The van der Waals surface area contributed by atoms with Crippen molar-refractivity contribution in [1.82, 2.24) is 5.32 Å². The van der Waals surface area contributed by atoms with Crippen LogP contribution in [0.1, 0.15) is 26.7 Å². The van der Waals surface area contributed by atoms with Gasteiger partial charge in [0, 0.05) is 6.07 Å². The molecule has 1 rings (SSSR count). The Hall–Kier alpha value is -1.84. The van der Waals surface area contributed by atoms with Crippen molar-refractivity contribution in [1.29, 1.82) is 0 Å². The summed E-state index contributed by atoms with van der Waals surface area (Å²) in [5.74, 6) is 0.234. The van der Waals surface area contributed by atoms with Crippen molar-refractivity contribution in [3.63, 3.8) is 0 Å². The molecule has 13 heavy (non-hydrogen) atoms. The van der Waals surface area contributed by atoms with Crippen molar-refractivity contribution in [3.8, 4) is 0 Å². The number of nitrogens with one attached hydrogen (secondary N) is 1. The van der Waals surface area contributed by atoms with Crippen molar-refractivity contribution >= 4 is 12.2 Å². The summed E-state index contributed by atoms with van der Waals surface area (Å²) in [7, 11) is 0. The third kappa shape index (κ3) is 1.84. The third-order valence-corrected chi connectivity index (χ3v) is 1.53. The molecular formula is C9H9NO3. The molecular weight excluding hydrogens is 170 g/mol. The average Bonchev–Trinajstić information content (AvgIpc) is 2.47. The molecule has 0 unspecified atom stereocenters. The van der Waals surface area contributed by atoms with E-state index < -0.39 is 0 Å². The van der Waals surface area contributed by atoms with Gasteiger partial charge in [0.05, 0.1) is 5.56 Å². The highest BCUT2D eigenvalue weighted by Crippen LogP contribution is 2.12. The van der Waals surface area contributed by atoms with Crippen molar-refractivity contribution in [3.05, 3.63) is 35.9 Å². The maximum atomic E-state index is 11.2. The molecule has 0 saturated carbocycles. The number of aryl methyl sites for hydroxylation is 1. The number of furan rings is 1. The fourth-order valence-electron chi connectivity index (χ4n) is 0.959. The van der Waals surface area contributed by atoms with Gasteiger partial charge in [-0.15, -0.1) is 0 Å². The van der Waals surface area contributed by atoms with Crippen LogP contribution in [0.4, 0.5) is 0 Å². The van der Waals surface area contributed by atoms with Gasteiger partial charge in [0.1, 0.15) is 5.76 Å². The van der Waals surface area contributed by atoms with E-state index >= 15 is 0 Å². The predicted octanol–water partition coefficient (Wildman–Crippen LogP) is 1.27. The summed E-state index contributed by atoms with van der Waals surface area (Å²) in [5.41, 5.74) is 0.349. The minimum Gasteiger partial charge on any atom is -0.458 e. The molecule has 4 nitrogen and oxygen atoms in total. The van der Waals surface area contributed by atoms with Gasteiger partial charge >= 0.3 is 0 Å². The lowest BCUT2D eigenvalue weighted by Gasteiger charge is -1.95. The Balaban J connectivity index is 2.99. The molecule has 0 aliphatic rings. The molecule has 0 aliphatic carbocycles. The van der Waals surface area contributed by atoms with Crippen LogP contribution < -0.4 is 5.32 Å². The predicted molar refractivity (Wildman–Crippen MR) is 46.5 cm³/mol. The van der Waals surface area contributed by atoms with Gasteiger partial charge < -0.3 is 9.73 Å². The van der Waals surface area contributed by atoms with Crippen molar-refractivity contribution < 1.29 is 14.0 Å². The highest BCUT2D eigenvalue weighted by Gasteiger charge is 2.12. The Kier molecular flexibility index (Phi) is 2.64. The molecule has 1 aromatic rings. The Labute approximate surface area is 75.2 Å². The molecule has 1 amide bonds. The lowest BCUT2D eigenvalue weighted by molar-refractivity contribution is 0.0968. The summed E-state index contributed by atoms with van der Waals surface area (Å²) in [6.45, 7) is 4.97. The number of rotatable bonds is 3. The number of carbonyl (C=O) groups excluding carboxylic acids is 2. The molecule has 0 fully saturated rings. The van der Waals surface area contributed by atoms with E-state index in [0.29, 0.717) is 17.6 Å². The van der Waals surface area contributed by atoms with Crippen LogP contribution in [0.25, 0.3) is 0 Å². The summed E-state index contributed by atoms with van der Waals surface area (Å²) in [6, 6.07) is 1.39. The van der Waals surface area contributed by atoms with Crippen LogP contribution in [-0.2, 0) is 0 Å². The lowest BCUT2D eigenvalue weighted by atomic mass is 10.2. The van der Waals surface area contributed by atoms with E-state index in [2.05, 4.69) is 11.9 Å². The fourth-order valence-corrected chi connectivity index (χ4v) is 0.959. The number of hydrogen-bond donors (Lipinski definition) is 1. The molecule has 0 radical (unpaired) electrons. The van der Waals surface area contributed by atoms with Crippen LogP contribution in [0.5, 0.6) is 0 Å². The topological polar surface area (TPSA) is 59.3 Å². The maximum Gasteiger partial charge on any atom is 0.258 e. The summed E-state index contributed by atoms with van der Waals surface area (Å²) in [6.07, 6.45) is 1.83. The monoisotopic (exact) mass is 179 g/mol. The first-order valence-corrected chi connectivity index (χ1v) is 3.66. The Bertz CT molecular complexity index is 352. The molecule has 0 aliphatic heterocycles. The molecule has 0 spiro atoms. The summed E-state index contributed by atoms with van der Waals surface area (Å²) >= 11 is 0. The normalized spacial score (nSPS) is 9.31. The Morgan fingerprint density at radius 3 is 2.85 bits per heavy atom. The zero-order valence-electron chi connectivity index (χ0n) is 7.16. The van der Waals surface area contributed by atoms with E-state index in [0.717, 1.165) is 0 Å². The molecule has 0 saturated heterocycles. The number of hydrogen-bond acceptors (Lipinski definition) is 3. The second-order valence-corrected chi connectivity index (χ2v) is 2.41. The molecule has 0 aromatic carbocycles. The smallest absolute Gasteiger partial charge is 0.258 e. The van der Waals surface area contributed by atoms with E-state index in [9.17, 15) is 9.59 Å². The number of carbonyl (C=O) groups is 2. The van der Waals surface area contributed by atoms with Crippen LogP contribution in [-0.4, -0.2) is 12.2 Å². The summed E-state index contributed by atoms with van der Waals surface area (Å²) in [5, 5.41) is 2.39. The van der Waals surface area contributed by atoms with Gasteiger partial charge in [-0.2, -0.15) is 0 Å². The van der Waals surface area contributed by atoms with Gasteiger partial charge in [-0.3, -0.25) is 9.59 Å². The van der Waals surface area contributed by atoms with Gasteiger partial charge in [0.15, 0.2) is 12.0 Å². The van der Waals surface area contributed by atoms with Gasteiger partial charge in [-0.1, -0.05) is 6.58 Å². The minimum atomic E-state index is -0.329. The van der Waals surface area contributed by atoms with Gasteiger partial charge in [-0.05, 0) is 13.1 Å². The summed E-state index contributed by atoms with van der Waals surface area (Å²) < 4.78 is 4.97. The average molecular weight is 179 g/mol. The zero-order chi connectivity index (χ0) is 9.84.